The van der Waals surface area contributed by atoms with Crippen molar-refractivity contribution in [1.82, 2.24) is 4.31 Å². The number of aliphatic hydroxyl groups is 1. The molecule has 0 fully saturated rings. The summed E-state index contributed by atoms with van der Waals surface area (Å²) in [5, 5.41) is 13.3. The van der Waals surface area contributed by atoms with Gasteiger partial charge in [-0.3, -0.25) is 9.10 Å². The van der Waals surface area contributed by atoms with Gasteiger partial charge in [0.1, 0.15) is 5.82 Å². The van der Waals surface area contributed by atoms with Crippen LogP contribution in [0.2, 0.25) is 5.02 Å². The molecular formula is C16H12ClFN2O4S. The second kappa shape index (κ2) is 6.05. The molecule has 9 heteroatoms. The zero-order chi connectivity index (χ0) is 18.4. The molecule has 0 aromatic heterocycles. The highest BCUT2D eigenvalue weighted by atomic mass is 35.5. The molecule has 0 radical (unpaired) electrons. The molecule has 2 aromatic carbocycles. The van der Waals surface area contributed by atoms with Gasteiger partial charge in [-0.05, 0) is 42.5 Å². The van der Waals surface area contributed by atoms with E-state index in [4.69, 9.17) is 11.6 Å². The first-order valence-corrected chi connectivity index (χ1v) is 8.82. The van der Waals surface area contributed by atoms with Crippen molar-refractivity contribution in [2.24, 2.45) is 0 Å². The molecule has 0 atom stereocenters. The van der Waals surface area contributed by atoms with Crippen molar-refractivity contribution in [2.45, 2.75) is 4.90 Å². The van der Waals surface area contributed by atoms with Gasteiger partial charge in [-0.25, -0.2) is 12.8 Å². The second-order valence-electron chi connectivity index (χ2n) is 5.27. The van der Waals surface area contributed by atoms with Crippen molar-refractivity contribution < 1.29 is 22.7 Å². The number of hydrogen-bond acceptors (Lipinski definition) is 4. The van der Waals surface area contributed by atoms with Crippen LogP contribution in [0.5, 0.6) is 0 Å². The van der Waals surface area contributed by atoms with E-state index in [0.717, 1.165) is 25.2 Å². The van der Waals surface area contributed by atoms with Crippen molar-refractivity contribution in [3.8, 4) is 0 Å². The van der Waals surface area contributed by atoms with Crippen LogP contribution >= 0.6 is 11.6 Å². The summed E-state index contributed by atoms with van der Waals surface area (Å²) in [4.78, 5) is 12.2. The van der Waals surface area contributed by atoms with Gasteiger partial charge < -0.3 is 10.4 Å². The Morgan fingerprint density at radius 1 is 1.20 bits per heavy atom. The Morgan fingerprint density at radius 3 is 2.48 bits per heavy atom. The number of sulfonamides is 1. The zero-order valence-corrected chi connectivity index (χ0v) is 14.4. The summed E-state index contributed by atoms with van der Waals surface area (Å²) < 4.78 is 39.2. The maximum atomic E-state index is 13.5. The lowest BCUT2D eigenvalue weighted by Crippen LogP contribution is -2.37. The van der Waals surface area contributed by atoms with Crippen LogP contribution in [0.1, 0.15) is 5.56 Å². The minimum Gasteiger partial charge on any atom is -0.505 e. The average molecular weight is 383 g/mol. The fourth-order valence-corrected chi connectivity index (χ4v) is 3.93. The lowest BCUT2D eigenvalue weighted by Gasteiger charge is -2.28. The van der Waals surface area contributed by atoms with Crippen molar-refractivity contribution in [1.29, 1.82) is 0 Å². The predicted molar refractivity (Wildman–Crippen MR) is 91.0 cm³/mol. The van der Waals surface area contributed by atoms with E-state index in [-0.39, 0.29) is 10.5 Å². The molecule has 0 saturated carbocycles. The number of benzene rings is 2. The summed E-state index contributed by atoms with van der Waals surface area (Å²) in [6.07, 6.45) is 0. The third-order valence-corrected chi connectivity index (χ3v) is 5.76. The molecule has 0 saturated heterocycles. The largest absolute Gasteiger partial charge is 0.505 e. The molecule has 130 valence electrons. The van der Waals surface area contributed by atoms with Crippen LogP contribution in [0.3, 0.4) is 0 Å². The van der Waals surface area contributed by atoms with Crippen LogP contribution in [0.25, 0.3) is 5.76 Å². The molecule has 1 aliphatic rings. The summed E-state index contributed by atoms with van der Waals surface area (Å²) in [5.74, 6) is -2.22. The van der Waals surface area contributed by atoms with Crippen molar-refractivity contribution in [3.05, 3.63) is 64.6 Å². The number of carbonyl (C=O) groups is 1. The van der Waals surface area contributed by atoms with Gasteiger partial charge in [-0.1, -0.05) is 11.6 Å². The second-order valence-corrected chi connectivity index (χ2v) is 7.65. The van der Waals surface area contributed by atoms with Gasteiger partial charge in [0.05, 0.1) is 4.90 Å². The number of amides is 1. The molecule has 6 nitrogen and oxygen atoms in total. The van der Waals surface area contributed by atoms with Gasteiger partial charge >= 0.3 is 0 Å². The Morgan fingerprint density at radius 2 is 1.84 bits per heavy atom. The third-order valence-electron chi connectivity index (χ3n) is 3.69. The Bertz CT molecular complexity index is 1000. The van der Waals surface area contributed by atoms with E-state index in [1.165, 1.54) is 24.3 Å². The first-order chi connectivity index (χ1) is 11.7. The minimum atomic E-state index is -4.10. The third kappa shape index (κ3) is 2.94. The molecule has 1 aliphatic heterocycles. The summed E-state index contributed by atoms with van der Waals surface area (Å²) >= 11 is 5.77. The van der Waals surface area contributed by atoms with Crippen LogP contribution in [0.4, 0.5) is 10.1 Å². The molecular weight excluding hydrogens is 371 g/mol. The standard InChI is InChI=1S/C16H12ClFN2O4S/c1-20-14(16(22)19-11-5-2-9(17)3-6-11)15(21)12-8-10(18)4-7-13(12)25(20,23)24/h2-8,21H,1H3,(H,19,22). The van der Waals surface area contributed by atoms with Crippen LogP contribution in [0.15, 0.2) is 53.1 Å². The fourth-order valence-electron chi connectivity index (χ4n) is 2.43. The molecule has 2 aromatic rings. The number of carbonyl (C=O) groups excluding carboxylic acids is 1. The molecule has 3 rings (SSSR count). The van der Waals surface area contributed by atoms with E-state index in [1.807, 2.05) is 0 Å². The molecule has 1 amide bonds. The van der Waals surface area contributed by atoms with Gasteiger partial charge in [-0.2, -0.15) is 0 Å². The van der Waals surface area contributed by atoms with Crippen molar-refractivity contribution >= 4 is 39.0 Å². The van der Waals surface area contributed by atoms with Gasteiger partial charge in [-0.15, -0.1) is 0 Å². The van der Waals surface area contributed by atoms with Gasteiger partial charge in [0.2, 0.25) is 0 Å². The van der Waals surface area contributed by atoms with Gasteiger partial charge in [0, 0.05) is 23.3 Å². The normalized spacial score (nSPS) is 15.7. The van der Waals surface area contributed by atoms with Crippen molar-refractivity contribution in [2.75, 3.05) is 12.4 Å². The Balaban J connectivity index is 2.09. The maximum Gasteiger partial charge on any atom is 0.276 e. The van der Waals surface area contributed by atoms with Crippen LogP contribution in [-0.2, 0) is 14.8 Å². The number of likely N-dealkylation sites (N-methyl/N-ethyl adjacent to an activating group) is 1. The van der Waals surface area contributed by atoms with E-state index >= 15 is 0 Å². The molecule has 0 bridgehead atoms. The van der Waals surface area contributed by atoms with Gasteiger partial charge in [0.25, 0.3) is 15.9 Å². The van der Waals surface area contributed by atoms with E-state index in [0.29, 0.717) is 15.0 Å². The topological polar surface area (TPSA) is 86.7 Å². The summed E-state index contributed by atoms with van der Waals surface area (Å²) in [6, 6.07) is 8.99. The van der Waals surface area contributed by atoms with E-state index in [9.17, 15) is 22.7 Å². The number of nitrogens with one attached hydrogen (secondary N) is 1. The molecule has 25 heavy (non-hydrogen) atoms. The molecule has 2 N–H and O–H groups in total. The lowest BCUT2D eigenvalue weighted by atomic mass is 10.1. The average Bonchev–Trinajstić information content (AvgIpc) is 2.55. The first kappa shape index (κ1) is 17.2. The highest BCUT2D eigenvalue weighted by Crippen LogP contribution is 2.35. The fraction of sp³-hybridized carbons (Fsp3) is 0.0625. The molecule has 0 unspecified atom stereocenters. The van der Waals surface area contributed by atoms with Crippen LogP contribution < -0.4 is 5.32 Å². The molecule has 1 heterocycles. The Labute approximate surface area is 148 Å². The predicted octanol–water partition coefficient (Wildman–Crippen LogP) is 2.98. The highest BCUT2D eigenvalue weighted by Gasteiger charge is 2.38. The number of anilines is 1. The number of halogens is 2. The number of aliphatic hydroxyl groups excluding tert-OH is 1. The SMILES string of the molecule is CN1C(C(=O)Nc2ccc(Cl)cc2)=C(O)c2cc(F)ccc2S1(=O)=O. The lowest BCUT2D eigenvalue weighted by molar-refractivity contribution is -0.113. The van der Waals surface area contributed by atoms with Crippen molar-refractivity contribution in [3.63, 3.8) is 0 Å². The quantitative estimate of drug-likeness (QED) is 0.836. The highest BCUT2D eigenvalue weighted by molar-refractivity contribution is 7.89. The number of nitrogens with zero attached hydrogens (tertiary/aromatic N) is 1. The number of rotatable bonds is 2. The van der Waals surface area contributed by atoms with E-state index in [1.54, 1.807) is 0 Å². The monoisotopic (exact) mass is 382 g/mol. The molecule has 0 aliphatic carbocycles. The molecule has 0 spiro atoms. The summed E-state index contributed by atoms with van der Waals surface area (Å²) in [7, 11) is -2.96. The summed E-state index contributed by atoms with van der Waals surface area (Å²) in [6.45, 7) is 0. The van der Waals surface area contributed by atoms with Crippen LogP contribution in [0, 0.1) is 5.82 Å². The van der Waals surface area contributed by atoms with E-state index < -0.39 is 33.2 Å². The Hall–Kier alpha value is -2.58. The summed E-state index contributed by atoms with van der Waals surface area (Å²) in [5.41, 5.74) is -0.419. The zero-order valence-electron chi connectivity index (χ0n) is 12.8. The number of fused-ring (bicyclic) bond motifs is 1. The van der Waals surface area contributed by atoms with E-state index in [2.05, 4.69) is 5.32 Å². The van der Waals surface area contributed by atoms with Crippen LogP contribution in [-0.4, -0.2) is 30.8 Å². The first-order valence-electron chi connectivity index (χ1n) is 7.01. The minimum absolute atomic E-state index is 0.264. The maximum absolute atomic E-state index is 13.5. The van der Waals surface area contributed by atoms with Gasteiger partial charge in [0.15, 0.2) is 11.5 Å². The Kier molecular flexibility index (Phi) is 4.18. The number of hydrogen-bond donors (Lipinski definition) is 2. The smallest absolute Gasteiger partial charge is 0.276 e.